The van der Waals surface area contributed by atoms with Gasteiger partial charge in [-0.15, -0.1) is 11.3 Å². The van der Waals surface area contributed by atoms with Gasteiger partial charge in [0.15, 0.2) is 11.5 Å². The summed E-state index contributed by atoms with van der Waals surface area (Å²) in [4.78, 5) is 15.1. The molecule has 8 nitrogen and oxygen atoms in total. The molecule has 122 valence electrons. The second-order valence-electron chi connectivity index (χ2n) is 4.82. The third-order valence-corrected chi connectivity index (χ3v) is 6.47. The summed E-state index contributed by atoms with van der Waals surface area (Å²) in [7, 11) is -3.80. The highest BCUT2D eigenvalue weighted by Gasteiger charge is 2.30. The number of rotatable bonds is 5. The van der Waals surface area contributed by atoms with E-state index in [1.54, 1.807) is 29.6 Å². The SMILES string of the molecule is O=S(=O)(c1cccs1)N(Cc1ccco1)c1ncnc2nc[nH]c12. The number of H-pyrrole nitrogens is 1. The molecule has 0 aliphatic carbocycles. The topological polar surface area (TPSA) is 105 Å². The molecular weight excluding hydrogens is 350 g/mol. The number of nitrogens with zero attached hydrogens (tertiary/aromatic N) is 4. The summed E-state index contributed by atoms with van der Waals surface area (Å²) in [5.74, 6) is 0.726. The summed E-state index contributed by atoms with van der Waals surface area (Å²) < 4.78 is 32.9. The Kier molecular flexibility index (Phi) is 3.54. The van der Waals surface area contributed by atoms with Gasteiger partial charge in [0.25, 0.3) is 10.0 Å². The van der Waals surface area contributed by atoms with E-state index in [0.717, 1.165) is 11.3 Å². The van der Waals surface area contributed by atoms with E-state index in [4.69, 9.17) is 4.42 Å². The summed E-state index contributed by atoms with van der Waals surface area (Å²) in [6.07, 6.45) is 4.24. The molecule has 24 heavy (non-hydrogen) atoms. The number of sulfonamides is 1. The Morgan fingerprint density at radius 3 is 2.88 bits per heavy atom. The Balaban J connectivity index is 1.89. The maximum atomic E-state index is 13.1. The second-order valence-corrected chi connectivity index (χ2v) is 7.86. The van der Waals surface area contributed by atoms with Gasteiger partial charge in [-0.25, -0.2) is 27.7 Å². The number of aromatic nitrogens is 4. The lowest BCUT2D eigenvalue weighted by atomic mass is 10.4. The molecule has 4 rings (SSSR count). The average Bonchev–Trinajstić information content (AvgIpc) is 3.34. The monoisotopic (exact) mass is 361 g/mol. The van der Waals surface area contributed by atoms with E-state index in [2.05, 4.69) is 19.9 Å². The van der Waals surface area contributed by atoms with Gasteiger partial charge >= 0.3 is 0 Å². The largest absolute Gasteiger partial charge is 0.467 e. The first kappa shape index (κ1) is 14.8. The van der Waals surface area contributed by atoms with Gasteiger partial charge in [-0.2, -0.15) is 0 Å². The second kappa shape index (κ2) is 5.73. The van der Waals surface area contributed by atoms with Crippen LogP contribution in [0.15, 0.2) is 57.2 Å². The van der Waals surface area contributed by atoms with Gasteiger partial charge < -0.3 is 9.40 Å². The molecule has 10 heteroatoms. The summed E-state index contributed by atoms with van der Waals surface area (Å²) in [5, 5.41) is 1.71. The first-order chi connectivity index (χ1) is 11.7. The highest BCUT2D eigenvalue weighted by molar-refractivity contribution is 7.94. The molecule has 4 heterocycles. The molecule has 0 bridgehead atoms. The molecular formula is C14H11N5O3S2. The van der Waals surface area contributed by atoms with Crippen molar-refractivity contribution < 1.29 is 12.8 Å². The maximum absolute atomic E-state index is 13.1. The maximum Gasteiger partial charge on any atom is 0.275 e. The molecule has 0 aliphatic heterocycles. The van der Waals surface area contributed by atoms with Crippen LogP contribution in [0.5, 0.6) is 0 Å². The molecule has 4 aromatic heterocycles. The molecule has 0 atom stereocenters. The first-order valence-electron chi connectivity index (χ1n) is 6.89. The quantitative estimate of drug-likeness (QED) is 0.585. The van der Waals surface area contributed by atoms with Crippen LogP contribution in [-0.2, 0) is 16.6 Å². The molecule has 0 aromatic carbocycles. The molecule has 4 aromatic rings. The van der Waals surface area contributed by atoms with E-state index in [1.807, 2.05) is 0 Å². The number of thiophene rings is 1. The molecule has 0 saturated heterocycles. The predicted molar refractivity (Wildman–Crippen MR) is 88.1 cm³/mol. The molecule has 0 amide bonds. The summed E-state index contributed by atoms with van der Waals surface area (Å²) in [6.45, 7) is 0.0123. The Hall–Kier alpha value is -2.72. The minimum absolute atomic E-state index is 0.0123. The number of aromatic amines is 1. The van der Waals surface area contributed by atoms with Gasteiger partial charge in [0.1, 0.15) is 21.8 Å². The fourth-order valence-electron chi connectivity index (χ4n) is 2.28. The zero-order valence-electron chi connectivity index (χ0n) is 12.2. The van der Waals surface area contributed by atoms with Crippen LogP contribution in [0, 0.1) is 0 Å². The van der Waals surface area contributed by atoms with Crippen molar-refractivity contribution in [1.29, 1.82) is 0 Å². The van der Waals surface area contributed by atoms with Crippen LogP contribution in [0.25, 0.3) is 11.2 Å². The molecule has 0 radical (unpaired) electrons. The van der Waals surface area contributed by atoms with E-state index in [-0.39, 0.29) is 16.6 Å². The van der Waals surface area contributed by atoms with Gasteiger partial charge in [-0.1, -0.05) is 6.07 Å². The lowest BCUT2D eigenvalue weighted by Crippen LogP contribution is -2.31. The van der Waals surface area contributed by atoms with Crippen molar-refractivity contribution in [2.75, 3.05) is 4.31 Å². The Bertz CT molecular complexity index is 1060. The number of nitrogens with one attached hydrogen (secondary N) is 1. The zero-order valence-corrected chi connectivity index (χ0v) is 13.8. The van der Waals surface area contributed by atoms with E-state index in [9.17, 15) is 8.42 Å². The van der Waals surface area contributed by atoms with Gasteiger partial charge in [-0.05, 0) is 23.6 Å². The van der Waals surface area contributed by atoms with Crippen LogP contribution in [-0.4, -0.2) is 28.4 Å². The number of imidazole rings is 1. The highest BCUT2D eigenvalue weighted by Crippen LogP contribution is 2.30. The van der Waals surface area contributed by atoms with Crippen molar-refractivity contribution in [3.05, 3.63) is 54.3 Å². The van der Waals surface area contributed by atoms with Gasteiger partial charge in [0, 0.05) is 0 Å². The van der Waals surface area contributed by atoms with Crippen molar-refractivity contribution in [2.24, 2.45) is 0 Å². The fraction of sp³-hybridized carbons (Fsp3) is 0.0714. The fourth-order valence-corrected chi connectivity index (χ4v) is 4.78. The van der Waals surface area contributed by atoms with Crippen LogP contribution in [0.2, 0.25) is 0 Å². The van der Waals surface area contributed by atoms with Crippen molar-refractivity contribution in [1.82, 2.24) is 19.9 Å². The number of furan rings is 1. The number of anilines is 1. The normalized spacial score (nSPS) is 11.8. The summed E-state index contributed by atoms with van der Waals surface area (Å²) in [6, 6.07) is 6.66. The molecule has 0 saturated carbocycles. The highest BCUT2D eigenvalue weighted by atomic mass is 32.2. The zero-order chi connectivity index (χ0) is 16.6. The summed E-state index contributed by atoms with van der Waals surface area (Å²) in [5.41, 5.74) is 0.843. The standard InChI is InChI=1S/C14H11N5O3S2/c20-24(21,11-4-2-6-23-11)19(7-10-3-1-5-22-10)14-12-13(16-8-15-12)17-9-18-14/h1-6,8-9H,7H2,(H,15,16,17,18). The molecule has 1 N–H and O–H groups in total. The number of hydrogen-bond donors (Lipinski definition) is 1. The van der Waals surface area contributed by atoms with E-state index in [1.165, 1.54) is 23.2 Å². The van der Waals surface area contributed by atoms with Crippen molar-refractivity contribution in [2.45, 2.75) is 10.8 Å². The van der Waals surface area contributed by atoms with Gasteiger partial charge in [-0.3, -0.25) is 0 Å². The van der Waals surface area contributed by atoms with E-state index in [0.29, 0.717) is 16.9 Å². The van der Waals surface area contributed by atoms with Crippen LogP contribution in [0.3, 0.4) is 0 Å². The first-order valence-corrected chi connectivity index (χ1v) is 9.21. The number of hydrogen-bond acceptors (Lipinski definition) is 7. The van der Waals surface area contributed by atoms with Crippen LogP contribution in [0.1, 0.15) is 5.76 Å². The van der Waals surface area contributed by atoms with Crippen LogP contribution < -0.4 is 4.31 Å². The van der Waals surface area contributed by atoms with Crippen molar-refractivity contribution in [3.8, 4) is 0 Å². The van der Waals surface area contributed by atoms with E-state index >= 15 is 0 Å². The molecule has 0 fully saturated rings. The van der Waals surface area contributed by atoms with E-state index < -0.39 is 10.0 Å². The third-order valence-electron chi connectivity index (χ3n) is 3.36. The predicted octanol–water partition coefficient (Wildman–Crippen LogP) is 2.40. The van der Waals surface area contributed by atoms with Crippen LogP contribution >= 0.6 is 11.3 Å². The van der Waals surface area contributed by atoms with Gasteiger partial charge in [0.05, 0.1) is 19.1 Å². The Labute approximate surface area is 140 Å². The van der Waals surface area contributed by atoms with Gasteiger partial charge in [0.2, 0.25) is 0 Å². The Morgan fingerprint density at radius 2 is 2.12 bits per heavy atom. The third kappa shape index (κ3) is 2.45. The van der Waals surface area contributed by atoms with Crippen LogP contribution in [0.4, 0.5) is 5.82 Å². The lowest BCUT2D eigenvalue weighted by Gasteiger charge is -2.21. The molecule has 0 aliphatic rings. The molecule has 0 spiro atoms. The lowest BCUT2D eigenvalue weighted by molar-refractivity contribution is 0.508. The van der Waals surface area contributed by atoms with Crippen molar-refractivity contribution >= 4 is 38.3 Å². The smallest absolute Gasteiger partial charge is 0.275 e. The Morgan fingerprint density at radius 1 is 1.21 bits per heavy atom. The molecule has 0 unspecified atom stereocenters. The number of fused-ring (bicyclic) bond motifs is 1. The van der Waals surface area contributed by atoms with Crippen molar-refractivity contribution in [3.63, 3.8) is 0 Å². The average molecular weight is 361 g/mol. The minimum atomic E-state index is -3.80. The minimum Gasteiger partial charge on any atom is -0.467 e. The summed E-state index contributed by atoms with van der Waals surface area (Å²) >= 11 is 1.14.